The number of benzene rings is 1. The van der Waals surface area contributed by atoms with Crippen LogP contribution >= 0.6 is 11.3 Å². The number of aromatic nitrogens is 3. The number of aliphatic hydroxyl groups is 1. The number of thiazole rings is 1. The summed E-state index contributed by atoms with van der Waals surface area (Å²) in [5.41, 5.74) is 11.1. The minimum Gasteiger partial charge on any atom is -0.399 e. The molecule has 0 saturated heterocycles. The van der Waals surface area contributed by atoms with Gasteiger partial charge in [0.25, 0.3) is 0 Å². The molecule has 1 aromatic carbocycles. The molecule has 3 N–H and O–H groups in total. The Bertz CT molecular complexity index is 760. The van der Waals surface area contributed by atoms with Crippen molar-refractivity contribution in [1.82, 2.24) is 14.5 Å². The maximum absolute atomic E-state index is 9.95. The number of nitrogen functional groups attached to an aromatic ring is 1. The van der Waals surface area contributed by atoms with Gasteiger partial charge < -0.3 is 15.4 Å². The van der Waals surface area contributed by atoms with Gasteiger partial charge in [-0.3, -0.25) is 0 Å². The molecule has 0 aliphatic carbocycles. The highest BCUT2D eigenvalue weighted by atomic mass is 32.1. The summed E-state index contributed by atoms with van der Waals surface area (Å²) in [6.45, 7) is 4.38. The first kappa shape index (κ1) is 13.1. The quantitative estimate of drug-likeness (QED) is 0.726. The molecule has 0 aliphatic rings. The molecule has 0 saturated carbocycles. The Kier molecular flexibility index (Phi) is 3.19. The maximum Gasteiger partial charge on any atom is 0.138 e. The minimum atomic E-state index is -0.628. The number of hydrogen-bond acceptors (Lipinski definition) is 5. The maximum atomic E-state index is 9.95. The third kappa shape index (κ3) is 2.17. The van der Waals surface area contributed by atoms with E-state index in [9.17, 15) is 5.11 Å². The van der Waals surface area contributed by atoms with Crippen molar-refractivity contribution >= 4 is 28.1 Å². The minimum absolute atomic E-state index is 0.628. The first-order chi connectivity index (χ1) is 9.56. The Morgan fingerprint density at radius 3 is 2.90 bits per heavy atom. The zero-order valence-corrected chi connectivity index (χ0v) is 12.2. The Morgan fingerprint density at radius 1 is 1.45 bits per heavy atom. The van der Waals surface area contributed by atoms with Crippen molar-refractivity contribution in [3.8, 4) is 0 Å². The van der Waals surface area contributed by atoms with Gasteiger partial charge in [0.05, 0.1) is 28.8 Å². The van der Waals surface area contributed by atoms with Crippen molar-refractivity contribution in [3.63, 3.8) is 0 Å². The van der Waals surface area contributed by atoms with Crippen LogP contribution in [-0.2, 0) is 6.54 Å². The molecular weight excluding hydrogens is 272 g/mol. The fourth-order valence-corrected chi connectivity index (χ4v) is 3.04. The predicted octanol–water partition coefficient (Wildman–Crippen LogP) is 2.49. The van der Waals surface area contributed by atoms with Gasteiger partial charge in [0, 0.05) is 10.6 Å². The topological polar surface area (TPSA) is 77.0 Å². The zero-order chi connectivity index (χ0) is 14.3. The fourth-order valence-electron chi connectivity index (χ4n) is 2.27. The van der Waals surface area contributed by atoms with Gasteiger partial charge in [-0.05, 0) is 32.0 Å². The number of rotatable bonds is 3. The molecule has 0 spiro atoms. The third-order valence-electron chi connectivity index (χ3n) is 3.32. The molecule has 2 aromatic heterocycles. The molecule has 0 amide bonds. The Labute approximate surface area is 120 Å². The van der Waals surface area contributed by atoms with Crippen molar-refractivity contribution in [2.24, 2.45) is 0 Å². The lowest BCUT2D eigenvalue weighted by atomic mass is 10.2. The lowest BCUT2D eigenvalue weighted by molar-refractivity contribution is 0.185. The number of nitrogens with two attached hydrogens (primary N) is 1. The predicted molar refractivity (Wildman–Crippen MR) is 80.7 cm³/mol. The molecule has 0 aliphatic heterocycles. The van der Waals surface area contributed by atoms with E-state index in [-0.39, 0.29) is 0 Å². The summed E-state index contributed by atoms with van der Waals surface area (Å²) in [5, 5.41) is 9.95. The van der Waals surface area contributed by atoms with Crippen molar-refractivity contribution in [2.45, 2.75) is 26.5 Å². The van der Waals surface area contributed by atoms with E-state index in [1.807, 2.05) is 35.2 Å². The van der Waals surface area contributed by atoms with Crippen LogP contribution < -0.4 is 5.73 Å². The van der Waals surface area contributed by atoms with Crippen LogP contribution in [0.2, 0.25) is 0 Å². The number of aliphatic hydroxyl groups excluding tert-OH is 1. The lowest BCUT2D eigenvalue weighted by Crippen LogP contribution is -2.07. The first-order valence-electron chi connectivity index (χ1n) is 6.39. The van der Waals surface area contributed by atoms with Crippen LogP contribution in [0.15, 0.2) is 23.7 Å². The van der Waals surface area contributed by atoms with E-state index in [1.165, 1.54) is 4.88 Å². The smallest absolute Gasteiger partial charge is 0.138 e. The van der Waals surface area contributed by atoms with Gasteiger partial charge in [0.1, 0.15) is 11.9 Å². The second kappa shape index (κ2) is 4.88. The normalized spacial score (nSPS) is 12.9. The average Bonchev–Trinajstić information content (AvgIpc) is 2.95. The zero-order valence-electron chi connectivity index (χ0n) is 11.4. The molecule has 1 unspecified atom stereocenters. The van der Waals surface area contributed by atoms with Crippen molar-refractivity contribution in [3.05, 3.63) is 40.1 Å². The second-order valence-corrected chi connectivity index (χ2v) is 5.78. The van der Waals surface area contributed by atoms with Crippen molar-refractivity contribution < 1.29 is 5.11 Å². The van der Waals surface area contributed by atoms with Gasteiger partial charge in [0.15, 0.2) is 0 Å². The molecule has 20 heavy (non-hydrogen) atoms. The number of aryl methyl sites for hydroxylation is 1. The van der Waals surface area contributed by atoms with E-state index in [2.05, 4.69) is 9.97 Å². The average molecular weight is 288 g/mol. The summed E-state index contributed by atoms with van der Waals surface area (Å²) in [6, 6.07) is 5.63. The highest BCUT2D eigenvalue weighted by Gasteiger charge is 2.16. The van der Waals surface area contributed by atoms with Gasteiger partial charge >= 0.3 is 0 Å². The van der Waals surface area contributed by atoms with Crippen LogP contribution in [0.4, 0.5) is 5.69 Å². The van der Waals surface area contributed by atoms with Crippen LogP contribution in [0.3, 0.4) is 0 Å². The molecule has 3 aromatic rings. The number of fused-ring (bicyclic) bond motifs is 1. The molecule has 0 radical (unpaired) electrons. The van der Waals surface area contributed by atoms with Crippen molar-refractivity contribution in [2.75, 3.05) is 5.73 Å². The summed E-state index contributed by atoms with van der Waals surface area (Å²) >= 11 is 1.61. The van der Waals surface area contributed by atoms with Gasteiger partial charge in [-0.15, -0.1) is 11.3 Å². The number of nitrogens with zero attached hydrogens (tertiary/aromatic N) is 3. The van der Waals surface area contributed by atoms with Crippen molar-refractivity contribution in [1.29, 1.82) is 0 Å². The van der Waals surface area contributed by atoms with E-state index in [0.717, 1.165) is 16.7 Å². The summed E-state index contributed by atoms with van der Waals surface area (Å²) in [5.74, 6) is 0.651. The molecule has 6 heteroatoms. The van der Waals surface area contributed by atoms with Gasteiger partial charge in [0.2, 0.25) is 0 Å². The highest BCUT2D eigenvalue weighted by molar-refractivity contribution is 7.09. The molecular formula is C14H16N4OS. The largest absolute Gasteiger partial charge is 0.399 e. The van der Waals surface area contributed by atoms with Crippen LogP contribution in [0.5, 0.6) is 0 Å². The highest BCUT2D eigenvalue weighted by Crippen LogP contribution is 2.25. The van der Waals surface area contributed by atoms with Crippen LogP contribution in [-0.4, -0.2) is 19.6 Å². The summed E-state index contributed by atoms with van der Waals surface area (Å²) in [4.78, 5) is 9.94. The van der Waals surface area contributed by atoms with E-state index >= 15 is 0 Å². The molecule has 0 fully saturated rings. The second-order valence-electron chi connectivity index (χ2n) is 4.84. The Morgan fingerprint density at radius 2 is 2.25 bits per heavy atom. The van der Waals surface area contributed by atoms with Crippen LogP contribution in [0.25, 0.3) is 11.0 Å². The molecule has 104 valence electrons. The Balaban J connectivity index is 2.16. The summed E-state index contributed by atoms with van der Waals surface area (Å²) < 4.78 is 2.03. The monoisotopic (exact) mass is 288 g/mol. The molecule has 0 bridgehead atoms. The number of hydrogen-bond donors (Lipinski definition) is 2. The van der Waals surface area contributed by atoms with Gasteiger partial charge in [-0.25, -0.2) is 9.97 Å². The first-order valence-corrected chi connectivity index (χ1v) is 7.27. The molecule has 5 nitrogen and oxygen atoms in total. The Hall–Kier alpha value is -1.92. The molecule has 2 heterocycles. The van der Waals surface area contributed by atoms with E-state index in [1.54, 1.807) is 18.3 Å². The fraction of sp³-hybridized carbons (Fsp3) is 0.286. The standard InChI is InChI=1S/C14H16N4OS/c1-8-13(20-7-16-8)6-18-12-4-3-10(15)5-11(12)17-14(18)9(2)19/h3-5,7,9,19H,6,15H2,1-2H3. The van der Waals surface area contributed by atoms with E-state index in [0.29, 0.717) is 18.1 Å². The molecule has 3 rings (SSSR count). The summed E-state index contributed by atoms with van der Waals surface area (Å²) in [6.07, 6.45) is -0.628. The number of imidazole rings is 1. The SMILES string of the molecule is Cc1ncsc1Cn1c(C(C)O)nc2cc(N)ccc21. The lowest BCUT2D eigenvalue weighted by Gasteiger charge is -2.10. The molecule has 1 atom stereocenters. The summed E-state index contributed by atoms with van der Waals surface area (Å²) in [7, 11) is 0. The van der Waals surface area contributed by atoms with Crippen LogP contribution in [0.1, 0.15) is 29.4 Å². The van der Waals surface area contributed by atoms with Gasteiger partial charge in [-0.2, -0.15) is 0 Å². The number of anilines is 1. The third-order valence-corrected chi connectivity index (χ3v) is 4.24. The van der Waals surface area contributed by atoms with E-state index in [4.69, 9.17) is 5.73 Å². The van der Waals surface area contributed by atoms with Crippen LogP contribution in [0, 0.1) is 6.92 Å². The van der Waals surface area contributed by atoms with E-state index < -0.39 is 6.10 Å². The van der Waals surface area contributed by atoms with Gasteiger partial charge in [-0.1, -0.05) is 0 Å².